The smallest absolute Gasteiger partial charge is 0.119 e. The van der Waals surface area contributed by atoms with Crippen LogP contribution in [-0.4, -0.2) is 17.8 Å². The number of ether oxygens (including phenoxy) is 1. The Kier molecular flexibility index (Phi) is 3.72. The maximum atomic E-state index is 10.6. The zero-order valence-electron chi connectivity index (χ0n) is 10.8. The second kappa shape index (κ2) is 5.09. The summed E-state index contributed by atoms with van der Waals surface area (Å²) in [5.74, 6) is 1.57. The Morgan fingerprint density at radius 1 is 1.47 bits per heavy atom. The van der Waals surface area contributed by atoms with E-state index in [1.165, 1.54) is 12.0 Å². The van der Waals surface area contributed by atoms with Gasteiger partial charge in [-0.2, -0.15) is 0 Å². The lowest BCUT2D eigenvalue weighted by molar-refractivity contribution is 0.0436. The second-order valence-corrected chi connectivity index (χ2v) is 5.27. The summed E-state index contributed by atoms with van der Waals surface area (Å²) in [6, 6.07) is 8.03. The molecule has 1 fully saturated rings. The van der Waals surface area contributed by atoms with Crippen molar-refractivity contribution in [2.45, 2.75) is 44.6 Å². The molecule has 1 N–H and O–H groups in total. The Bertz CT molecular complexity index is 375. The van der Waals surface area contributed by atoms with E-state index in [1.54, 1.807) is 7.11 Å². The number of hydrogen-bond donors (Lipinski definition) is 1. The molecule has 0 amide bonds. The van der Waals surface area contributed by atoms with Gasteiger partial charge in [0.2, 0.25) is 0 Å². The van der Waals surface area contributed by atoms with E-state index in [0.717, 1.165) is 31.4 Å². The largest absolute Gasteiger partial charge is 0.497 e. The average molecular weight is 234 g/mol. The molecule has 0 bridgehead atoms. The third-order valence-electron chi connectivity index (χ3n) is 3.93. The molecular weight excluding hydrogens is 212 g/mol. The van der Waals surface area contributed by atoms with Crippen LogP contribution >= 0.6 is 0 Å². The topological polar surface area (TPSA) is 29.5 Å². The number of aliphatic hydroxyl groups is 1. The van der Waals surface area contributed by atoms with Gasteiger partial charge in [-0.3, -0.25) is 0 Å². The van der Waals surface area contributed by atoms with Crippen molar-refractivity contribution in [1.29, 1.82) is 0 Å². The highest BCUT2D eigenvalue weighted by molar-refractivity contribution is 5.29. The monoisotopic (exact) mass is 234 g/mol. The molecule has 1 saturated carbocycles. The summed E-state index contributed by atoms with van der Waals surface area (Å²) in [4.78, 5) is 0. The number of methoxy groups -OCH3 is 1. The molecule has 2 nitrogen and oxygen atoms in total. The summed E-state index contributed by atoms with van der Waals surface area (Å²) in [5, 5.41) is 10.6. The van der Waals surface area contributed by atoms with Crippen LogP contribution in [0.4, 0.5) is 0 Å². The molecule has 0 radical (unpaired) electrons. The highest BCUT2D eigenvalue weighted by Gasteiger charge is 2.36. The first kappa shape index (κ1) is 12.4. The Balaban J connectivity index is 2.05. The highest BCUT2D eigenvalue weighted by Crippen LogP contribution is 2.38. The van der Waals surface area contributed by atoms with Crippen molar-refractivity contribution in [2.24, 2.45) is 5.92 Å². The van der Waals surface area contributed by atoms with E-state index in [2.05, 4.69) is 13.0 Å². The molecule has 0 aliphatic heterocycles. The highest BCUT2D eigenvalue weighted by atomic mass is 16.5. The van der Waals surface area contributed by atoms with Gasteiger partial charge < -0.3 is 9.84 Å². The summed E-state index contributed by atoms with van der Waals surface area (Å²) >= 11 is 0. The minimum atomic E-state index is -0.493. The van der Waals surface area contributed by atoms with Gasteiger partial charge in [0.05, 0.1) is 12.7 Å². The molecule has 1 aliphatic carbocycles. The average Bonchev–Trinajstić information content (AvgIpc) is 2.71. The van der Waals surface area contributed by atoms with Crippen LogP contribution in [-0.2, 0) is 6.42 Å². The van der Waals surface area contributed by atoms with Crippen LogP contribution < -0.4 is 4.74 Å². The lowest BCUT2D eigenvalue weighted by Gasteiger charge is -2.23. The summed E-state index contributed by atoms with van der Waals surface area (Å²) in [6.07, 6.45) is 4.97. The van der Waals surface area contributed by atoms with Crippen molar-refractivity contribution in [3.05, 3.63) is 29.8 Å². The maximum Gasteiger partial charge on any atom is 0.119 e. The van der Waals surface area contributed by atoms with Gasteiger partial charge in [0.1, 0.15) is 5.75 Å². The molecule has 1 aromatic rings. The van der Waals surface area contributed by atoms with E-state index >= 15 is 0 Å². The first-order valence-corrected chi connectivity index (χ1v) is 6.50. The molecule has 0 heterocycles. The van der Waals surface area contributed by atoms with Crippen LogP contribution in [0.1, 0.15) is 38.2 Å². The van der Waals surface area contributed by atoms with Gasteiger partial charge in [0.15, 0.2) is 0 Å². The third kappa shape index (κ3) is 3.01. The van der Waals surface area contributed by atoms with E-state index in [1.807, 2.05) is 18.2 Å². The fraction of sp³-hybridized carbons (Fsp3) is 0.600. The van der Waals surface area contributed by atoms with Gasteiger partial charge >= 0.3 is 0 Å². The van der Waals surface area contributed by atoms with Crippen LogP contribution in [0.25, 0.3) is 0 Å². The SMILES string of the molecule is CCC1CCC(O)(Cc2cccc(OC)c2)C1. The van der Waals surface area contributed by atoms with Crippen LogP contribution in [0.2, 0.25) is 0 Å². The Morgan fingerprint density at radius 2 is 2.29 bits per heavy atom. The fourth-order valence-electron chi connectivity index (χ4n) is 2.89. The summed E-state index contributed by atoms with van der Waals surface area (Å²) in [5.41, 5.74) is 0.677. The quantitative estimate of drug-likeness (QED) is 0.867. The third-order valence-corrected chi connectivity index (χ3v) is 3.93. The van der Waals surface area contributed by atoms with Crippen molar-refractivity contribution in [1.82, 2.24) is 0 Å². The zero-order valence-corrected chi connectivity index (χ0v) is 10.8. The minimum absolute atomic E-state index is 0.493. The van der Waals surface area contributed by atoms with Crippen molar-refractivity contribution >= 4 is 0 Å². The van der Waals surface area contributed by atoms with Gasteiger partial charge in [-0.15, -0.1) is 0 Å². The van der Waals surface area contributed by atoms with Gasteiger partial charge in [-0.05, 0) is 42.9 Å². The molecule has 17 heavy (non-hydrogen) atoms. The van der Waals surface area contributed by atoms with E-state index in [4.69, 9.17) is 4.74 Å². The fourth-order valence-corrected chi connectivity index (χ4v) is 2.89. The van der Waals surface area contributed by atoms with Crippen molar-refractivity contribution in [3.8, 4) is 5.75 Å². The van der Waals surface area contributed by atoms with E-state index in [0.29, 0.717) is 5.92 Å². The molecule has 2 unspecified atom stereocenters. The first-order chi connectivity index (χ1) is 8.15. The molecule has 1 aromatic carbocycles. The van der Waals surface area contributed by atoms with Crippen LogP contribution in [0, 0.1) is 5.92 Å². The number of benzene rings is 1. The van der Waals surface area contributed by atoms with Crippen LogP contribution in [0.15, 0.2) is 24.3 Å². The maximum absolute atomic E-state index is 10.6. The predicted molar refractivity (Wildman–Crippen MR) is 69.3 cm³/mol. The van der Waals surface area contributed by atoms with Crippen molar-refractivity contribution in [3.63, 3.8) is 0 Å². The zero-order chi connectivity index (χ0) is 12.3. The van der Waals surface area contributed by atoms with Gasteiger partial charge in [0.25, 0.3) is 0 Å². The summed E-state index contributed by atoms with van der Waals surface area (Å²) in [6.45, 7) is 2.21. The summed E-state index contributed by atoms with van der Waals surface area (Å²) < 4.78 is 5.21. The van der Waals surface area contributed by atoms with E-state index < -0.39 is 5.60 Å². The van der Waals surface area contributed by atoms with Gasteiger partial charge in [-0.1, -0.05) is 25.5 Å². The molecule has 2 rings (SSSR count). The minimum Gasteiger partial charge on any atom is -0.497 e. The summed E-state index contributed by atoms with van der Waals surface area (Å²) in [7, 11) is 1.68. The Hall–Kier alpha value is -1.02. The molecule has 0 aromatic heterocycles. The van der Waals surface area contributed by atoms with Gasteiger partial charge in [0, 0.05) is 6.42 Å². The van der Waals surface area contributed by atoms with Crippen LogP contribution in [0.5, 0.6) is 5.75 Å². The number of hydrogen-bond acceptors (Lipinski definition) is 2. The molecule has 94 valence electrons. The normalized spacial score (nSPS) is 28.3. The molecular formula is C15H22O2. The Labute approximate surface area is 104 Å². The molecule has 1 aliphatic rings. The van der Waals surface area contributed by atoms with Crippen LogP contribution in [0.3, 0.4) is 0 Å². The first-order valence-electron chi connectivity index (χ1n) is 6.50. The molecule has 0 spiro atoms. The molecule has 2 atom stereocenters. The van der Waals surface area contributed by atoms with Crippen molar-refractivity contribution in [2.75, 3.05) is 7.11 Å². The van der Waals surface area contributed by atoms with Crippen molar-refractivity contribution < 1.29 is 9.84 Å². The Morgan fingerprint density at radius 3 is 2.94 bits per heavy atom. The van der Waals surface area contributed by atoms with Gasteiger partial charge in [-0.25, -0.2) is 0 Å². The van der Waals surface area contributed by atoms with E-state index in [-0.39, 0.29) is 0 Å². The predicted octanol–water partition coefficient (Wildman–Crippen LogP) is 3.18. The lowest BCUT2D eigenvalue weighted by Crippen LogP contribution is -2.27. The number of rotatable bonds is 4. The molecule has 2 heteroatoms. The lowest BCUT2D eigenvalue weighted by atomic mass is 9.91. The standard InChI is InChI=1S/C15H22O2/c1-3-12-7-8-15(16,10-12)11-13-5-4-6-14(9-13)17-2/h4-6,9,12,16H,3,7-8,10-11H2,1-2H3. The second-order valence-electron chi connectivity index (χ2n) is 5.27. The molecule has 0 saturated heterocycles. The van der Waals surface area contributed by atoms with E-state index in [9.17, 15) is 5.11 Å².